The van der Waals surface area contributed by atoms with Crippen molar-refractivity contribution in [3.8, 4) is 0 Å². The molecule has 0 aromatic rings. The number of likely N-dealkylation sites (N-methyl/N-ethyl adjacent to an activating group) is 1. The number of rotatable bonds is 28. The van der Waals surface area contributed by atoms with Gasteiger partial charge in [-0.25, -0.2) is 19.2 Å². The maximum absolute atomic E-state index is 12.4. The number of carbonyl (C=O) groups is 10. The summed E-state index contributed by atoms with van der Waals surface area (Å²) in [5, 5.41) is 51.7. The predicted molar refractivity (Wildman–Crippen MR) is 176 cm³/mol. The molecule has 0 saturated carbocycles. The zero-order valence-corrected chi connectivity index (χ0v) is 29.0. The van der Waals surface area contributed by atoms with E-state index >= 15 is 0 Å². The Hall–Kier alpha value is -5.14. The molecule has 288 valence electrons. The van der Waals surface area contributed by atoms with Crippen LogP contribution >= 0.6 is 0 Å². The lowest BCUT2D eigenvalue weighted by molar-refractivity contribution is -0.144. The number of carboxylic acid groups (broad SMARTS) is 4. The summed E-state index contributed by atoms with van der Waals surface area (Å²) in [7, 11) is 1.69. The first kappa shape index (κ1) is 45.9. The van der Waals surface area contributed by atoms with E-state index in [0.29, 0.717) is 32.2 Å². The molecular formula is C31H50N6O14. The van der Waals surface area contributed by atoms with E-state index < -0.39 is 115 Å². The molecule has 5 unspecified atom stereocenters. The van der Waals surface area contributed by atoms with Crippen molar-refractivity contribution in [2.45, 2.75) is 121 Å². The summed E-state index contributed by atoms with van der Waals surface area (Å²) >= 11 is 0. The molecule has 0 rings (SSSR count). The van der Waals surface area contributed by atoms with E-state index in [4.69, 9.17) is 5.11 Å². The van der Waals surface area contributed by atoms with E-state index in [2.05, 4.69) is 31.9 Å². The number of hydrogen-bond donors (Lipinski definition) is 10. The zero-order valence-electron chi connectivity index (χ0n) is 29.0. The Morgan fingerprint density at radius 1 is 0.588 bits per heavy atom. The Labute approximate surface area is 294 Å². The van der Waals surface area contributed by atoms with E-state index in [1.54, 1.807) is 7.05 Å². The van der Waals surface area contributed by atoms with Gasteiger partial charge in [0.1, 0.15) is 30.5 Å². The van der Waals surface area contributed by atoms with Gasteiger partial charge in [-0.15, -0.1) is 0 Å². The van der Waals surface area contributed by atoms with Crippen LogP contribution in [0, 0.1) is 0 Å². The van der Waals surface area contributed by atoms with Gasteiger partial charge in [0.2, 0.25) is 29.5 Å². The molecule has 0 aliphatic rings. The van der Waals surface area contributed by atoms with Gasteiger partial charge in [0, 0.05) is 39.2 Å². The first-order valence-corrected chi connectivity index (χ1v) is 16.4. The number of carboxylic acids is 4. The highest BCUT2D eigenvalue weighted by atomic mass is 16.4. The number of carbonyl (C=O) groups excluding carboxylic acids is 6. The smallest absolute Gasteiger partial charge is 0.326 e. The molecule has 5 amide bonds. The molecule has 0 fully saturated rings. The van der Waals surface area contributed by atoms with Crippen molar-refractivity contribution >= 4 is 59.7 Å². The van der Waals surface area contributed by atoms with Gasteiger partial charge in [-0.2, -0.15) is 0 Å². The highest BCUT2D eigenvalue weighted by Gasteiger charge is 2.27. The number of amides is 5. The van der Waals surface area contributed by atoms with Crippen molar-refractivity contribution < 1.29 is 68.4 Å². The van der Waals surface area contributed by atoms with Crippen molar-refractivity contribution in [2.24, 2.45) is 0 Å². The van der Waals surface area contributed by atoms with Crippen molar-refractivity contribution in [1.29, 1.82) is 0 Å². The molecule has 0 aromatic heterocycles. The second-order valence-electron chi connectivity index (χ2n) is 11.8. The van der Waals surface area contributed by atoms with Gasteiger partial charge in [0.15, 0.2) is 0 Å². The molecule has 0 aliphatic carbocycles. The average Bonchev–Trinajstić information content (AvgIpc) is 3.06. The number of hydrogen-bond acceptors (Lipinski definition) is 11. The first-order chi connectivity index (χ1) is 23.9. The van der Waals surface area contributed by atoms with Crippen LogP contribution in [-0.2, 0) is 47.9 Å². The number of nitrogens with one attached hydrogen (secondary N) is 6. The van der Waals surface area contributed by atoms with E-state index in [0.717, 1.165) is 13.2 Å². The average molecular weight is 731 g/mol. The Morgan fingerprint density at radius 2 is 0.941 bits per heavy atom. The SMILES string of the molecule is CCC(C=O)(CCCCNC(=O)CCC(NC(=O)CCC(NC(=O)CCC(NC(=O)CCC(NC(C)=O)C(=O)O)C(=O)O)C(=O)O)C(=O)O)NC. The summed E-state index contributed by atoms with van der Waals surface area (Å²) in [5.41, 5.74) is -0.629. The maximum atomic E-state index is 12.4. The summed E-state index contributed by atoms with van der Waals surface area (Å²) < 4.78 is 0. The molecule has 0 spiro atoms. The molecule has 20 nitrogen and oxygen atoms in total. The van der Waals surface area contributed by atoms with E-state index in [1.807, 2.05) is 6.92 Å². The largest absolute Gasteiger partial charge is 0.480 e. The molecule has 0 heterocycles. The molecule has 0 bridgehead atoms. The highest BCUT2D eigenvalue weighted by molar-refractivity contribution is 5.88. The Balaban J connectivity index is 4.82. The van der Waals surface area contributed by atoms with E-state index in [9.17, 15) is 63.3 Å². The van der Waals surface area contributed by atoms with Gasteiger partial charge in [0.05, 0.1) is 5.54 Å². The molecule has 0 aromatic carbocycles. The minimum Gasteiger partial charge on any atom is -0.480 e. The minimum atomic E-state index is -1.61. The van der Waals surface area contributed by atoms with Crippen LogP contribution in [0.25, 0.3) is 0 Å². The fourth-order valence-corrected chi connectivity index (χ4v) is 4.74. The van der Waals surface area contributed by atoms with Crippen LogP contribution in [0.1, 0.15) is 90.9 Å². The van der Waals surface area contributed by atoms with E-state index in [1.165, 1.54) is 0 Å². The van der Waals surface area contributed by atoms with Crippen molar-refractivity contribution in [3.05, 3.63) is 0 Å². The quantitative estimate of drug-likeness (QED) is 0.0315. The van der Waals surface area contributed by atoms with Crippen molar-refractivity contribution in [3.63, 3.8) is 0 Å². The first-order valence-electron chi connectivity index (χ1n) is 16.4. The van der Waals surface area contributed by atoms with Gasteiger partial charge in [-0.1, -0.05) is 6.92 Å². The third-order valence-electron chi connectivity index (χ3n) is 7.94. The van der Waals surface area contributed by atoms with Crippen molar-refractivity contribution in [1.82, 2.24) is 31.9 Å². The second-order valence-corrected chi connectivity index (χ2v) is 11.8. The van der Waals surface area contributed by atoms with Gasteiger partial charge < -0.3 is 57.1 Å². The molecule has 5 atom stereocenters. The molecule has 0 aliphatic heterocycles. The van der Waals surface area contributed by atoms with Crippen LogP contribution in [0.5, 0.6) is 0 Å². The highest BCUT2D eigenvalue weighted by Crippen LogP contribution is 2.15. The molecule has 51 heavy (non-hydrogen) atoms. The van der Waals surface area contributed by atoms with Gasteiger partial charge in [-0.05, 0) is 58.4 Å². The Morgan fingerprint density at radius 3 is 1.24 bits per heavy atom. The summed E-state index contributed by atoms with van der Waals surface area (Å²) in [6.45, 7) is 3.26. The maximum Gasteiger partial charge on any atom is 0.326 e. The molecule has 0 saturated heterocycles. The third-order valence-corrected chi connectivity index (χ3v) is 7.94. The van der Waals surface area contributed by atoms with Crippen LogP contribution in [0.15, 0.2) is 0 Å². The third kappa shape index (κ3) is 19.6. The fourth-order valence-electron chi connectivity index (χ4n) is 4.74. The lowest BCUT2D eigenvalue weighted by atomic mass is 9.91. The monoisotopic (exact) mass is 730 g/mol. The topological polar surface area (TPSA) is 324 Å². The van der Waals surface area contributed by atoms with Crippen LogP contribution in [0.2, 0.25) is 0 Å². The van der Waals surface area contributed by atoms with Crippen LogP contribution in [0.4, 0.5) is 0 Å². The number of aliphatic carboxylic acids is 4. The minimum absolute atomic E-state index is 0.230. The zero-order chi connectivity index (χ0) is 39.1. The van der Waals surface area contributed by atoms with E-state index in [-0.39, 0.29) is 19.3 Å². The Bertz CT molecular complexity index is 1260. The summed E-state index contributed by atoms with van der Waals surface area (Å²) in [6, 6.07) is -6.05. The normalized spacial score (nSPS) is 14.3. The standard InChI is InChI=1S/C31H50N6O14/c1-4-31(17-38,32-3)15-5-6-16-33-23(40)11-7-20(28(46)47)35-25(42)13-9-22(30(50)51)37-26(43)14-10-21(29(48)49)36-24(41)12-8-19(27(44)45)34-18(2)39/h17,19-22,32H,4-16H2,1-3H3,(H,33,40)(H,34,39)(H,35,42)(H,36,41)(H,37,43)(H,44,45)(H,46,47)(H,48,49)(H,50,51). The summed E-state index contributed by atoms with van der Waals surface area (Å²) in [4.78, 5) is 118. The lowest BCUT2D eigenvalue weighted by Crippen LogP contribution is -2.45. The predicted octanol–water partition coefficient (Wildman–Crippen LogP) is -1.74. The molecule has 0 radical (unpaired) electrons. The lowest BCUT2D eigenvalue weighted by Gasteiger charge is -2.25. The molecule has 10 N–H and O–H groups in total. The summed E-state index contributed by atoms with van der Waals surface area (Å²) in [6.07, 6.45) is -0.0356. The number of unbranched alkanes of at least 4 members (excludes halogenated alkanes) is 1. The molecule has 20 heteroatoms. The molecular weight excluding hydrogens is 680 g/mol. The van der Waals surface area contributed by atoms with Gasteiger partial charge in [-0.3, -0.25) is 24.0 Å². The second kappa shape index (κ2) is 24.1. The van der Waals surface area contributed by atoms with Crippen molar-refractivity contribution in [2.75, 3.05) is 13.6 Å². The van der Waals surface area contributed by atoms with Crippen LogP contribution in [0.3, 0.4) is 0 Å². The Kier molecular flexibility index (Phi) is 21.7. The number of aldehydes is 1. The van der Waals surface area contributed by atoms with Crippen LogP contribution in [-0.4, -0.2) is 123 Å². The van der Waals surface area contributed by atoms with Crippen LogP contribution < -0.4 is 31.9 Å². The fraction of sp³-hybridized carbons (Fsp3) is 0.677. The van der Waals surface area contributed by atoms with Gasteiger partial charge >= 0.3 is 23.9 Å². The van der Waals surface area contributed by atoms with Gasteiger partial charge in [0.25, 0.3) is 0 Å². The summed E-state index contributed by atoms with van der Waals surface area (Å²) in [5.74, 6) is -9.64.